The second-order valence-corrected chi connectivity index (χ2v) is 4.61. The molecule has 0 amide bonds. The molecule has 0 aliphatic heterocycles. The number of halogens is 2. The maximum Gasteiger partial charge on any atom is 0.137 e. The van der Waals surface area contributed by atoms with Gasteiger partial charge in [-0.25, -0.2) is 4.39 Å². The summed E-state index contributed by atoms with van der Waals surface area (Å²) in [6.07, 6.45) is 1.75. The quantitative estimate of drug-likeness (QED) is 0.928. The maximum atomic E-state index is 13.2. The van der Waals surface area contributed by atoms with Crippen molar-refractivity contribution >= 4 is 21.6 Å². The van der Waals surface area contributed by atoms with Crippen molar-refractivity contribution in [3.63, 3.8) is 0 Å². The summed E-state index contributed by atoms with van der Waals surface area (Å²) >= 11 is 3.18. The number of hydrogen-bond donors (Lipinski definition) is 1. The number of aryl methyl sites for hydroxylation is 1. The van der Waals surface area contributed by atoms with Crippen molar-refractivity contribution in [2.24, 2.45) is 0 Å². The first-order valence-electron chi connectivity index (χ1n) is 5.26. The molecule has 88 valence electrons. The smallest absolute Gasteiger partial charge is 0.137 e. The van der Waals surface area contributed by atoms with Crippen molar-refractivity contribution in [2.45, 2.75) is 13.5 Å². The summed E-state index contributed by atoms with van der Waals surface area (Å²) in [6.45, 7) is 2.50. The number of nitrogens with zero attached hydrogens (tertiary/aromatic N) is 1. The third-order valence-corrected chi connectivity index (χ3v) is 3.06. The number of rotatable bonds is 3. The molecule has 0 aliphatic rings. The molecule has 0 aliphatic carbocycles. The lowest BCUT2D eigenvalue weighted by molar-refractivity contribution is 0.620. The molecule has 0 atom stereocenters. The van der Waals surface area contributed by atoms with E-state index in [0.29, 0.717) is 11.0 Å². The van der Waals surface area contributed by atoms with Gasteiger partial charge < -0.3 is 5.32 Å². The average Bonchev–Trinajstić information content (AvgIpc) is 2.33. The Morgan fingerprint density at radius 3 is 2.88 bits per heavy atom. The lowest BCUT2D eigenvalue weighted by Gasteiger charge is -2.10. The molecule has 1 aromatic carbocycles. The second-order valence-electron chi connectivity index (χ2n) is 3.76. The van der Waals surface area contributed by atoms with Crippen LogP contribution >= 0.6 is 15.9 Å². The van der Waals surface area contributed by atoms with Crippen LogP contribution in [0.5, 0.6) is 0 Å². The minimum absolute atomic E-state index is 0.245. The van der Waals surface area contributed by atoms with E-state index >= 15 is 0 Å². The van der Waals surface area contributed by atoms with Crippen LogP contribution in [0.1, 0.15) is 11.3 Å². The van der Waals surface area contributed by atoms with Crippen LogP contribution in [0.15, 0.2) is 41.0 Å². The summed E-state index contributed by atoms with van der Waals surface area (Å²) in [4.78, 5) is 4.22. The van der Waals surface area contributed by atoms with E-state index in [0.717, 1.165) is 16.9 Å². The zero-order valence-electron chi connectivity index (χ0n) is 9.37. The molecule has 0 unspecified atom stereocenters. The lowest BCUT2D eigenvalue weighted by Crippen LogP contribution is -2.03. The van der Waals surface area contributed by atoms with E-state index in [1.54, 1.807) is 12.3 Å². The summed E-state index contributed by atoms with van der Waals surface area (Å²) in [5, 5.41) is 3.24. The molecule has 0 spiro atoms. The van der Waals surface area contributed by atoms with Crippen LogP contribution in [0, 0.1) is 12.7 Å². The highest BCUT2D eigenvalue weighted by Gasteiger charge is 2.04. The van der Waals surface area contributed by atoms with Gasteiger partial charge in [0.2, 0.25) is 0 Å². The van der Waals surface area contributed by atoms with Crippen molar-refractivity contribution in [1.82, 2.24) is 4.98 Å². The first kappa shape index (κ1) is 12.0. The average molecular weight is 295 g/mol. The summed E-state index contributed by atoms with van der Waals surface area (Å²) in [5.41, 5.74) is 2.73. The SMILES string of the molecule is Cc1cc(F)c(Br)cc1NCc1ccccn1. The zero-order chi connectivity index (χ0) is 12.3. The molecule has 0 radical (unpaired) electrons. The third-order valence-electron chi connectivity index (χ3n) is 2.45. The molecule has 1 heterocycles. The highest BCUT2D eigenvalue weighted by molar-refractivity contribution is 9.10. The van der Waals surface area contributed by atoms with Gasteiger partial charge in [0.05, 0.1) is 16.7 Å². The minimum Gasteiger partial charge on any atom is -0.379 e. The molecular weight excluding hydrogens is 283 g/mol. The van der Waals surface area contributed by atoms with Gasteiger partial charge in [0.15, 0.2) is 0 Å². The predicted octanol–water partition coefficient (Wildman–Crippen LogP) is 3.90. The third kappa shape index (κ3) is 3.03. The van der Waals surface area contributed by atoms with Crippen LogP contribution in [0.3, 0.4) is 0 Å². The fourth-order valence-corrected chi connectivity index (χ4v) is 1.87. The van der Waals surface area contributed by atoms with Crippen molar-refractivity contribution in [3.05, 3.63) is 58.1 Å². The normalized spacial score (nSPS) is 10.3. The molecule has 2 aromatic rings. The van der Waals surface area contributed by atoms with Gasteiger partial charge in [-0.15, -0.1) is 0 Å². The van der Waals surface area contributed by atoms with Crippen LogP contribution in [0.4, 0.5) is 10.1 Å². The van der Waals surface area contributed by atoms with Gasteiger partial charge in [-0.2, -0.15) is 0 Å². The highest BCUT2D eigenvalue weighted by Crippen LogP contribution is 2.24. The monoisotopic (exact) mass is 294 g/mol. The van der Waals surface area contributed by atoms with Gasteiger partial charge in [0.25, 0.3) is 0 Å². The fraction of sp³-hybridized carbons (Fsp3) is 0.154. The number of aromatic nitrogens is 1. The van der Waals surface area contributed by atoms with Crippen molar-refractivity contribution in [2.75, 3.05) is 5.32 Å². The number of benzene rings is 1. The van der Waals surface area contributed by atoms with Crippen molar-refractivity contribution in [3.8, 4) is 0 Å². The fourth-order valence-electron chi connectivity index (χ4n) is 1.53. The molecule has 0 fully saturated rings. The molecule has 0 bridgehead atoms. The number of nitrogens with one attached hydrogen (secondary N) is 1. The molecule has 1 aromatic heterocycles. The topological polar surface area (TPSA) is 24.9 Å². The lowest BCUT2D eigenvalue weighted by atomic mass is 10.2. The molecule has 2 rings (SSSR count). The van der Waals surface area contributed by atoms with Crippen LogP contribution in [0.25, 0.3) is 0 Å². The van der Waals surface area contributed by atoms with Crippen LogP contribution in [0.2, 0.25) is 0 Å². The summed E-state index contributed by atoms with van der Waals surface area (Å²) in [6, 6.07) is 9.01. The standard InChI is InChI=1S/C13H12BrFN2/c1-9-6-12(15)11(14)7-13(9)17-8-10-4-2-3-5-16-10/h2-7,17H,8H2,1H3. The maximum absolute atomic E-state index is 13.2. The number of pyridine rings is 1. The van der Waals surface area contributed by atoms with E-state index < -0.39 is 0 Å². The number of hydrogen-bond acceptors (Lipinski definition) is 2. The second kappa shape index (κ2) is 5.27. The van der Waals surface area contributed by atoms with Crippen molar-refractivity contribution < 1.29 is 4.39 Å². The van der Waals surface area contributed by atoms with E-state index in [-0.39, 0.29) is 5.82 Å². The van der Waals surface area contributed by atoms with Crippen LogP contribution in [-0.4, -0.2) is 4.98 Å². The minimum atomic E-state index is -0.245. The Morgan fingerprint density at radius 1 is 1.35 bits per heavy atom. The largest absolute Gasteiger partial charge is 0.379 e. The first-order valence-corrected chi connectivity index (χ1v) is 6.05. The van der Waals surface area contributed by atoms with Crippen LogP contribution in [-0.2, 0) is 6.54 Å². The molecule has 0 saturated carbocycles. The van der Waals surface area contributed by atoms with Gasteiger partial charge in [-0.1, -0.05) is 6.07 Å². The Morgan fingerprint density at radius 2 is 2.18 bits per heavy atom. The molecule has 1 N–H and O–H groups in total. The van der Waals surface area contributed by atoms with Crippen molar-refractivity contribution in [1.29, 1.82) is 0 Å². The van der Waals surface area contributed by atoms with E-state index in [1.807, 2.05) is 25.1 Å². The predicted molar refractivity (Wildman–Crippen MR) is 70.4 cm³/mol. The molecule has 4 heteroatoms. The highest BCUT2D eigenvalue weighted by atomic mass is 79.9. The summed E-state index contributed by atoms with van der Waals surface area (Å²) in [7, 11) is 0. The van der Waals surface area contributed by atoms with Gasteiger partial charge in [-0.3, -0.25) is 4.98 Å². The Bertz CT molecular complexity index is 514. The first-order chi connectivity index (χ1) is 8.16. The number of anilines is 1. The van der Waals surface area contributed by atoms with E-state index in [9.17, 15) is 4.39 Å². The zero-order valence-corrected chi connectivity index (χ0v) is 11.0. The van der Waals surface area contributed by atoms with Gasteiger partial charge in [0.1, 0.15) is 5.82 Å². The van der Waals surface area contributed by atoms with Gasteiger partial charge >= 0.3 is 0 Å². The summed E-state index contributed by atoms with van der Waals surface area (Å²) < 4.78 is 13.7. The molecule has 0 saturated heterocycles. The van der Waals surface area contributed by atoms with E-state index in [2.05, 4.69) is 26.2 Å². The Kier molecular flexibility index (Phi) is 3.74. The summed E-state index contributed by atoms with van der Waals surface area (Å²) in [5.74, 6) is -0.245. The Labute approximate surface area is 108 Å². The van der Waals surface area contributed by atoms with Gasteiger partial charge in [-0.05, 0) is 52.7 Å². The Hall–Kier alpha value is -1.42. The van der Waals surface area contributed by atoms with E-state index in [4.69, 9.17) is 0 Å². The van der Waals surface area contributed by atoms with Gasteiger partial charge in [0, 0.05) is 11.9 Å². The van der Waals surface area contributed by atoms with E-state index in [1.165, 1.54) is 6.07 Å². The molecule has 17 heavy (non-hydrogen) atoms. The Balaban J connectivity index is 2.12. The molecular formula is C13H12BrFN2. The molecule has 2 nitrogen and oxygen atoms in total. The van der Waals surface area contributed by atoms with Crippen LogP contribution < -0.4 is 5.32 Å².